The molecule has 0 aromatic heterocycles. The number of rotatable bonds is 3. The first-order chi connectivity index (χ1) is 8.28. The van der Waals surface area contributed by atoms with Crippen LogP contribution in [0, 0.1) is 5.41 Å². The molecule has 1 N–H and O–H groups in total. The zero-order valence-corrected chi connectivity index (χ0v) is 11.8. The summed E-state index contributed by atoms with van der Waals surface area (Å²) in [6, 6.07) is 0.575. The standard InChI is InChI=1S/C13H24N2OS/c1-3-13(4-2)9-14-12(17-10-13)15-11-5-7-16-8-6-11/h11H,3-10H2,1-2H3,(H,14,15). The van der Waals surface area contributed by atoms with Gasteiger partial charge in [-0.1, -0.05) is 25.6 Å². The lowest BCUT2D eigenvalue weighted by Gasteiger charge is -2.34. The molecule has 0 spiro atoms. The van der Waals surface area contributed by atoms with Crippen LogP contribution in [0.3, 0.4) is 0 Å². The minimum Gasteiger partial charge on any atom is -0.381 e. The Balaban J connectivity index is 1.85. The third-order valence-electron chi connectivity index (χ3n) is 4.12. The lowest BCUT2D eigenvalue weighted by atomic mass is 9.84. The van der Waals surface area contributed by atoms with Gasteiger partial charge in [-0.05, 0) is 31.1 Å². The minimum absolute atomic E-state index is 0.450. The fourth-order valence-corrected chi connectivity index (χ4v) is 3.68. The van der Waals surface area contributed by atoms with E-state index in [1.807, 2.05) is 11.8 Å². The van der Waals surface area contributed by atoms with Gasteiger partial charge in [0.15, 0.2) is 5.17 Å². The van der Waals surface area contributed by atoms with Crippen molar-refractivity contribution >= 4 is 16.9 Å². The first-order valence-electron chi connectivity index (χ1n) is 6.79. The predicted octanol–water partition coefficient (Wildman–Crippen LogP) is 2.66. The number of hydrogen-bond donors (Lipinski definition) is 1. The Kier molecular flexibility index (Phi) is 4.74. The summed E-state index contributed by atoms with van der Waals surface area (Å²) in [4.78, 5) is 4.75. The zero-order valence-electron chi connectivity index (χ0n) is 11.0. The Bertz CT molecular complexity index is 271. The van der Waals surface area contributed by atoms with Crippen molar-refractivity contribution in [2.75, 3.05) is 25.5 Å². The lowest BCUT2D eigenvalue weighted by Crippen LogP contribution is -2.41. The van der Waals surface area contributed by atoms with Gasteiger partial charge in [0.2, 0.25) is 0 Å². The Morgan fingerprint density at radius 3 is 2.59 bits per heavy atom. The molecular formula is C13H24N2OS. The number of amidine groups is 1. The van der Waals surface area contributed by atoms with E-state index in [1.165, 1.54) is 18.6 Å². The summed E-state index contributed by atoms with van der Waals surface area (Å²) in [6.45, 7) is 7.36. The van der Waals surface area contributed by atoms with E-state index < -0.39 is 0 Å². The Labute approximate surface area is 109 Å². The second kappa shape index (κ2) is 6.10. The Morgan fingerprint density at radius 1 is 1.35 bits per heavy atom. The summed E-state index contributed by atoms with van der Waals surface area (Å²) < 4.78 is 5.37. The van der Waals surface area contributed by atoms with Crippen molar-refractivity contribution in [1.29, 1.82) is 0 Å². The molecule has 2 rings (SSSR count). The van der Waals surface area contributed by atoms with E-state index in [0.29, 0.717) is 11.5 Å². The van der Waals surface area contributed by atoms with E-state index in [9.17, 15) is 0 Å². The van der Waals surface area contributed by atoms with E-state index in [4.69, 9.17) is 9.73 Å². The van der Waals surface area contributed by atoms with Gasteiger partial charge in [0, 0.05) is 31.6 Å². The molecule has 0 unspecified atom stereocenters. The average molecular weight is 256 g/mol. The summed E-state index contributed by atoms with van der Waals surface area (Å²) in [6.07, 6.45) is 4.72. The fourth-order valence-electron chi connectivity index (χ4n) is 2.33. The van der Waals surface area contributed by atoms with E-state index >= 15 is 0 Å². The van der Waals surface area contributed by atoms with Gasteiger partial charge >= 0.3 is 0 Å². The molecule has 3 nitrogen and oxygen atoms in total. The molecular weight excluding hydrogens is 232 g/mol. The quantitative estimate of drug-likeness (QED) is 0.843. The van der Waals surface area contributed by atoms with Crippen LogP contribution in [0.1, 0.15) is 39.5 Å². The lowest BCUT2D eigenvalue weighted by molar-refractivity contribution is 0.0826. The molecule has 1 fully saturated rings. The molecule has 1 saturated heterocycles. The third kappa shape index (κ3) is 3.38. The largest absolute Gasteiger partial charge is 0.381 e. The highest BCUT2D eigenvalue weighted by Gasteiger charge is 2.30. The maximum absolute atomic E-state index is 5.37. The number of hydrogen-bond acceptors (Lipinski definition) is 4. The molecule has 0 amide bonds. The van der Waals surface area contributed by atoms with Crippen LogP contribution >= 0.6 is 11.8 Å². The number of nitrogens with one attached hydrogen (secondary N) is 1. The predicted molar refractivity (Wildman–Crippen MR) is 74.8 cm³/mol. The third-order valence-corrected chi connectivity index (χ3v) is 5.40. The molecule has 0 bridgehead atoms. The van der Waals surface area contributed by atoms with E-state index in [1.54, 1.807) is 0 Å². The monoisotopic (exact) mass is 256 g/mol. The van der Waals surface area contributed by atoms with Gasteiger partial charge in [-0.2, -0.15) is 0 Å². The van der Waals surface area contributed by atoms with Gasteiger partial charge in [0.25, 0.3) is 0 Å². The highest BCUT2D eigenvalue weighted by Crippen LogP contribution is 2.34. The van der Waals surface area contributed by atoms with Crippen molar-refractivity contribution < 1.29 is 4.74 Å². The summed E-state index contributed by atoms with van der Waals surface area (Å²) in [5.41, 5.74) is 0.450. The van der Waals surface area contributed by atoms with Crippen molar-refractivity contribution in [1.82, 2.24) is 5.32 Å². The zero-order chi connectivity index (χ0) is 12.1. The van der Waals surface area contributed by atoms with Gasteiger partial charge < -0.3 is 10.1 Å². The number of thioether (sulfide) groups is 1. The maximum Gasteiger partial charge on any atom is 0.156 e. The molecule has 98 valence electrons. The van der Waals surface area contributed by atoms with Crippen molar-refractivity contribution in [2.45, 2.75) is 45.6 Å². The van der Waals surface area contributed by atoms with Crippen LogP contribution in [-0.4, -0.2) is 36.7 Å². The highest BCUT2D eigenvalue weighted by atomic mass is 32.2. The van der Waals surface area contributed by atoms with E-state index in [-0.39, 0.29) is 0 Å². The normalized spacial score (nSPS) is 25.4. The topological polar surface area (TPSA) is 33.6 Å². The van der Waals surface area contributed by atoms with Gasteiger partial charge in [-0.15, -0.1) is 0 Å². The summed E-state index contributed by atoms with van der Waals surface area (Å²) in [5, 5.41) is 4.74. The van der Waals surface area contributed by atoms with Crippen LogP contribution in [0.2, 0.25) is 0 Å². The average Bonchev–Trinajstić information content (AvgIpc) is 2.41. The molecule has 17 heavy (non-hydrogen) atoms. The Morgan fingerprint density at radius 2 is 2.06 bits per heavy atom. The number of nitrogens with zero attached hydrogens (tertiary/aromatic N) is 1. The van der Waals surface area contributed by atoms with E-state index in [2.05, 4.69) is 19.2 Å². The summed E-state index contributed by atoms with van der Waals surface area (Å²) in [5.74, 6) is 1.22. The second-order valence-corrected chi connectivity index (χ2v) is 6.11. The van der Waals surface area contributed by atoms with Crippen molar-refractivity contribution in [2.24, 2.45) is 10.4 Å². The fraction of sp³-hybridized carbons (Fsp3) is 0.923. The van der Waals surface area contributed by atoms with Crippen LogP contribution in [0.4, 0.5) is 0 Å². The number of ether oxygens (including phenoxy) is 1. The SMILES string of the molecule is CCC1(CC)CN=C(NC2CCOCC2)SC1. The molecule has 2 heterocycles. The first-order valence-corrected chi connectivity index (χ1v) is 7.78. The van der Waals surface area contributed by atoms with Crippen LogP contribution in [-0.2, 0) is 4.74 Å². The van der Waals surface area contributed by atoms with Gasteiger partial charge in [-0.25, -0.2) is 0 Å². The molecule has 2 aliphatic heterocycles. The first kappa shape index (κ1) is 13.2. The van der Waals surface area contributed by atoms with Gasteiger partial charge in [-0.3, -0.25) is 4.99 Å². The molecule has 0 saturated carbocycles. The Hall–Kier alpha value is -0.220. The smallest absolute Gasteiger partial charge is 0.156 e. The maximum atomic E-state index is 5.37. The minimum atomic E-state index is 0.450. The van der Waals surface area contributed by atoms with Gasteiger partial charge in [0.05, 0.1) is 0 Å². The van der Waals surface area contributed by atoms with E-state index in [0.717, 1.165) is 37.8 Å². The molecule has 4 heteroatoms. The van der Waals surface area contributed by atoms with Crippen LogP contribution in [0.5, 0.6) is 0 Å². The molecule has 0 radical (unpaired) electrons. The molecule has 0 aromatic rings. The summed E-state index contributed by atoms with van der Waals surface area (Å²) in [7, 11) is 0. The van der Waals surface area contributed by atoms with Crippen LogP contribution < -0.4 is 5.32 Å². The molecule has 0 atom stereocenters. The van der Waals surface area contributed by atoms with Crippen molar-refractivity contribution in [3.05, 3.63) is 0 Å². The summed E-state index contributed by atoms with van der Waals surface area (Å²) >= 11 is 1.91. The second-order valence-electron chi connectivity index (χ2n) is 5.15. The molecule has 0 aliphatic carbocycles. The number of aliphatic imine (C=N–C) groups is 1. The van der Waals surface area contributed by atoms with Crippen molar-refractivity contribution in [3.63, 3.8) is 0 Å². The molecule has 2 aliphatic rings. The van der Waals surface area contributed by atoms with Crippen LogP contribution in [0.15, 0.2) is 4.99 Å². The highest BCUT2D eigenvalue weighted by molar-refractivity contribution is 8.13. The van der Waals surface area contributed by atoms with Gasteiger partial charge in [0.1, 0.15) is 0 Å². The van der Waals surface area contributed by atoms with Crippen molar-refractivity contribution in [3.8, 4) is 0 Å². The molecule has 0 aromatic carbocycles. The van der Waals surface area contributed by atoms with Crippen LogP contribution in [0.25, 0.3) is 0 Å².